The standard InChI is InChI=1S/C16H15BrO3/c17-13-6-7-15-16(8-13)19-11-14(20-15)10-18-9-12-4-2-1-3-5-12/h1-8,14H,9-11H2. The van der Waals surface area contributed by atoms with E-state index < -0.39 is 0 Å². The van der Waals surface area contributed by atoms with E-state index in [-0.39, 0.29) is 6.10 Å². The van der Waals surface area contributed by atoms with Crippen molar-refractivity contribution in [3.63, 3.8) is 0 Å². The summed E-state index contributed by atoms with van der Waals surface area (Å²) in [7, 11) is 0. The van der Waals surface area contributed by atoms with E-state index in [4.69, 9.17) is 14.2 Å². The van der Waals surface area contributed by atoms with Crippen molar-refractivity contribution in [1.82, 2.24) is 0 Å². The molecule has 0 aliphatic carbocycles. The molecule has 20 heavy (non-hydrogen) atoms. The molecular weight excluding hydrogens is 320 g/mol. The van der Waals surface area contributed by atoms with Crippen molar-refractivity contribution >= 4 is 15.9 Å². The third kappa shape index (κ3) is 3.32. The van der Waals surface area contributed by atoms with Gasteiger partial charge in [-0.05, 0) is 23.8 Å². The molecule has 0 amide bonds. The molecule has 0 radical (unpaired) electrons. The van der Waals surface area contributed by atoms with Crippen LogP contribution in [0.2, 0.25) is 0 Å². The molecule has 0 fully saturated rings. The molecule has 3 nitrogen and oxygen atoms in total. The molecule has 4 heteroatoms. The number of rotatable bonds is 4. The van der Waals surface area contributed by atoms with Gasteiger partial charge >= 0.3 is 0 Å². The maximum atomic E-state index is 5.85. The maximum Gasteiger partial charge on any atom is 0.162 e. The molecule has 1 aliphatic heterocycles. The molecule has 0 N–H and O–H groups in total. The Morgan fingerprint density at radius 2 is 1.95 bits per heavy atom. The van der Waals surface area contributed by atoms with Crippen LogP contribution in [-0.2, 0) is 11.3 Å². The lowest BCUT2D eigenvalue weighted by Gasteiger charge is -2.26. The van der Waals surface area contributed by atoms with Crippen LogP contribution in [-0.4, -0.2) is 19.3 Å². The lowest BCUT2D eigenvalue weighted by molar-refractivity contribution is 0.00268. The highest BCUT2D eigenvalue weighted by atomic mass is 79.9. The van der Waals surface area contributed by atoms with Gasteiger partial charge in [0.1, 0.15) is 6.61 Å². The Balaban J connectivity index is 1.52. The number of fused-ring (bicyclic) bond motifs is 1. The quantitative estimate of drug-likeness (QED) is 0.851. The van der Waals surface area contributed by atoms with E-state index in [2.05, 4.69) is 15.9 Å². The van der Waals surface area contributed by atoms with E-state index in [0.717, 1.165) is 21.5 Å². The van der Waals surface area contributed by atoms with E-state index in [1.54, 1.807) is 0 Å². The van der Waals surface area contributed by atoms with Crippen molar-refractivity contribution in [3.05, 3.63) is 58.6 Å². The number of ether oxygens (including phenoxy) is 3. The number of benzene rings is 2. The molecule has 104 valence electrons. The summed E-state index contributed by atoms with van der Waals surface area (Å²) >= 11 is 3.41. The Labute approximate surface area is 126 Å². The highest BCUT2D eigenvalue weighted by molar-refractivity contribution is 9.10. The normalized spacial score (nSPS) is 16.9. The van der Waals surface area contributed by atoms with Crippen molar-refractivity contribution in [2.45, 2.75) is 12.7 Å². The molecule has 3 rings (SSSR count). The molecule has 0 saturated carbocycles. The fraction of sp³-hybridized carbons (Fsp3) is 0.250. The summed E-state index contributed by atoms with van der Waals surface area (Å²) in [4.78, 5) is 0. The molecule has 2 aromatic rings. The van der Waals surface area contributed by atoms with Gasteiger partial charge in [0.15, 0.2) is 17.6 Å². The highest BCUT2D eigenvalue weighted by Crippen LogP contribution is 2.34. The number of hydrogen-bond acceptors (Lipinski definition) is 3. The van der Waals surface area contributed by atoms with Crippen LogP contribution in [0.15, 0.2) is 53.0 Å². The first-order valence-electron chi connectivity index (χ1n) is 6.52. The average molecular weight is 335 g/mol. The van der Waals surface area contributed by atoms with E-state index in [1.807, 2.05) is 48.5 Å². The van der Waals surface area contributed by atoms with Gasteiger partial charge in [0.05, 0.1) is 13.2 Å². The molecule has 1 heterocycles. The topological polar surface area (TPSA) is 27.7 Å². The van der Waals surface area contributed by atoms with Gasteiger partial charge in [-0.3, -0.25) is 0 Å². The summed E-state index contributed by atoms with van der Waals surface area (Å²) in [6.45, 7) is 1.62. The van der Waals surface area contributed by atoms with Crippen molar-refractivity contribution < 1.29 is 14.2 Å². The molecule has 0 saturated heterocycles. The zero-order valence-corrected chi connectivity index (χ0v) is 12.5. The second kappa shape index (κ2) is 6.29. The zero-order valence-electron chi connectivity index (χ0n) is 10.9. The van der Waals surface area contributed by atoms with Crippen molar-refractivity contribution in [3.8, 4) is 11.5 Å². The minimum atomic E-state index is -0.0626. The molecule has 1 aliphatic rings. The largest absolute Gasteiger partial charge is 0.486 e. The molecule has 0 spiro atoms. The predicted molar refractivity (Wildman–Crippen MR) is 80.2 cm³/mol. The highest BCUT2D eigenvalue weighted by Gasteiger charge is 2.21. The lowest BCUT2D eigenvalue weighted by Crippen LogP contribution is -2.33. The van der Waals surface area contributed by atoms with Crippen LogP contribution in [0.4, 0.5) is 0 Å². The molecule has 0 aromatic heterocycles. The molecular formula is C16H15BrO3. The van der Waals surface area contributed by atoms with Crippen LogP contribution in [0.25, 0.3) is 0 Å². The first kappa shape index (κ1) is 13.5. The second-order valence-corrected chi connectivity index (χ2v) is 5.56. The van der Waals surface area contributed by atoms with Crippen LogP contribution in [0.3, 0.4) is 0 Å². The molecule has 0 bridgehead atoms. The van der Waals surface area contributed by atoms with Crippen LogP contribution in [0, 0.1) is 0 Å². The summed E-state index contributed by atoms with van der Waals surface area (Å²) in [5.41, 5.74) is 1.16. The first-order valence-corrected chi connectivity index (χ1v) is 7.31. The second-order valence-electron chi connectivity index (χ2n) is 4.64. The van der Waals surface area contributed by atoms with Gasteiger partial charge in [-0.2, -0.15) is 0 Å². The van der Waals surface area contributed by atoms with Gasteiger partial charge in [0, 0.05) is 4.47 Å². The Bertz CT molecular complexity index is 571. The van der Waals surface area contributed by atoms with Gasteiger partial charge in [0.25, 0.3) is 0 Å². The Kier molecular flexibility index (Phi) is 4.23. The van der Waals surface area contributed by atoms with E-state index in [1.165, 1.54) is 0 Å². The summed E-state index contributed by atoms with van der Waals surface area (Å²) in [6.07, 6.45) is -0.0626. The van der Waals surface area contributed by atoms with Gasteiger partial charge in [-0.15, -0.1) is 0 Å². The zero-order chi connectivity index (χ0) is 13.8. The van der Waals surface area contributed by atoms with Crippen molar-refractivity contribution in [2.24, 2.45) is 0 Å². The van der Waals surface area contributed by atoms with E-state index in [9.17, 15) is 0 Å². The summed E-state index contributed by atoms with van der Waals surface area (Å²) < 4.78 is 18.2. The van der Waals surface area contributed by atoms with Gasteiger partial charge in [0.2, 0.25) is 0 Å². The Morgan fingerprint density at radius 1 is 1.10 bits per heavy atom. The predicted octanol–water partition coefficient (Wildman–Crippen LogP) is 3.81. The molecule has 2 aromatic carbocycles. The van der Waals surface area contributed by atoms with Crippen LogP contribution >= 0.6 is 15.9 Å². The molecule has 1 atom stereocenters. The van der Waals surface area contributed by atoms with Crippen LogP contribution < -0.4 is 9.47 Å². The van der Waals surface area contributed by atoms with E-state index >= 15 is 0 Å². The fourth-order valence-electron chi connectivity index (χ4n) is 2.05. The third-order valence-corrected chi connectivity index (χ3v) is 3.53. The van der Waals surface area contributed by atoms with E-state index in [0.29, 0.717) is 19.8 Å². The number of halogens is 1. The Morgan fingerprint density at radius 3 is 2.80 bits per heavy atom. The minimum absolute atomic E-state index is 0.0626. The fourth-order valence-corrected chi connectivity index (χ4v) is 2.39. The van der Waals surface area contributed by atoms with Crippen molar-refractivity contribution in [1.29, 1.82) is 0 Å². The Hall–Kier alpha value is -1.52. The lowest BCUT2D eigenvalue weighted by atomic mass is 10.2. The monoisotopic (exact) mass is 334 g/mol. The summed E-state index contributed by atoms with van der Waals surface area (Å²) in [6, 6.07) is 15.9. The summed E-state index contributed by atoms with van der Waals surface area (Å²) in [5, 5.41) is 0. The smallest absolute Gasteiger partial charge is 0.162 e. The average Bonchev–Trinajstić information content (AvgIpc) is 2.48. The number of hydrogen-bond donors (Lipinski definition) is 0. The summed E-state index contributed by atoms with van der Waals surface area (Å²) in [5.74, 6) is 1.55. The first-order chi connectivity index (χ1) is 9.81. The van der Waals surface area contributed by atoms with Gasteiger partial charge in [-0.25, -0.2) is 0 Å². The van der Waals surface area contributed by atoms with Gasteiger partial charge < -0.3 is 14.2 Å². The maximum absolute atomic E-state index is 5.85. The minimum Gasteiger partial charge on any atom is -0.486 e. The SMILES string of the molecule is Brc1ccc2c(c1)OCC(COCc1ccccc1)O2. The van der Waals surface area contributed by atoms with Crippen LogP contribution in [0.5, 0.6) is 11.5 Å². The molecule has 1 unspecified atom stereocenters. The van der Waals surface area contributed by atoms with Gasteiger partial charge in [-0.1, -0.05) is 46.3 Å². The van der Waals surface area contributed by atoms with Crippen molar-refractivity contribution in [2.75, 3.05) is 13.2 Å². The third-order valence-electron chi connectivity index (χ3n) is 3.04. The van der Waals surface area contributed by atoms with Crippen LogP contribution in [0.1, 0.15) is 5.56 Å².